The molecule has 0 saturated carbocycles. The highest BCUT2D eigenvalue weighted by molar-refractivity contribution is 9.10. The summed E-state index contributed by atoms with van der Waals surface area (Å²) in [5, 5.41) is 5.02. The summed E-state index contributed by atoms with van der Waals surface area (Å²) in [5.41, 5.74) is 0.419. The summed E-state index contributed by atoms with van der Waals surface area (Å²) in [6.07, 6.45) is 0. The lowest BCUT2D eigenvalue weighted by Crippen LogP contribution is -2.36. The molecule has 2 N–H and O–H groups in total. The van der Waals surface area contributed by atoms with Crippen LogP contribution in [0.4, 0.5) is 0 Å². The number of carbonyl (C=O) groups is 3. The highest BCUT2D eigenvalue weighted by atomic mass is 79.9. The number of carbonyl (C=O) groups excluding carboxylic acids is 3. The van der Waals surface area contributed by atoms with E-state index in [9.17, 15) is 14.4 Å². The van der Waals surface area contributed by atoms with Gasteiger partial charge in [0, 0.05) is 10.5 Å². The first-order valence-corrected chi connectivity index (χ1v) is 7.17. The zero-order valence-electron chi connectivity index (χ0n) is 11.8. The molecule has 0 bridgehead atoms. The number of amides is 2. The van der Waals surface area contributed by atoms with E-state index < -0.39 is 11.9 Å². The Labute approximate surface area is 131 Å². The molecule has 0 aliphatic heterocycles. The molecular formula is C14H17BrN2O4. The van der Waals surface area contributed by atoms with Gasteiger partial charge in [-0.15, -0.1) is 0 Å². The van der Waals surface area contributed by atoms with E-state index in [2.05, 4.69) is 26.6 Å². The highest BCUT2D eigenvalue weighted by Gasteiger charge is 2.12. The number of hydrogen-bond donors (Lipinski definition) is 2. The van der Waals surface area contributed by atoms with Crippen molar-refractivity contribution in [2.24, 2.45) is 0 Å². The van der Waals surface area contributed by atoms with Crippen LogP contribution in [-0.4, -0.2) is 37.0 Å². The molecule has 2 amide bonds. The lowest BCUT2D eigenvalue weighted by molar-refractivity contribution is -0.147. The van der Waals surface area contributed by atoms with Crippen molar-refractivity contribution < 1.29 is 19.1 Å². The summed E-state index contributed by atoms with van der Waals surface area (Å²) in [4.78, 5) is 34.5. The van der Waals surface area contributed by atoms with Gasteiger partial charge in [-0.05, 0) is 41.9 Å². The third-order valence-electron chi connectivity index (χ3n) is 2.33. The van der Waals surface area contributed by atoms with Crippen LogP contribution in [0.2, 0.25) is 0 Å². The van der Waals surface area contributed by atoms with Crippen molar-refractivity contribution in [3.63, 3.8) is 0 Å². The molecule has 7 heteroatoms. The molecule has 0 heterocycles. The van der Waals surface area contributed by atoms with E-state index in [1.807, 2.05) is 0 Å². The van der Waals surface area contributed by atoms with Crippen LogP contribution in [0.1, 0.15) is 24.2 Å². The van der Waals surface area contributed by atoms with Gasteiger partial charge in [-0.2, -0.15) is 0 Å². The largest absolute Gasteiger partial charge is 0.454 e. The predicted octanol–water partition coefficient (Wildman–Crippen LogP) is 1.25. The summed E-state index contributed by atoms with van der Waals surface area (Å²) in [5.74, 6) is -1.45. The molecule has 0 fully saturated rings. The molecule has 0 aliphatic carbocycles. The van der Waals surface area contributed by atoms with Gasteiger partial charge in [0.2, 0.25) is 0 Å². The molecule has 1 rings (SSSR count). The first-order valence-electron chi connectivity index (χ1n) is 6.38. The number of ether oxygens (including phenoxy) is 1. The maximum absolute atomic E-state index is 11.8. The quantitative estimate of drug-likeness (QED) is 0.751. The summed E-state index contributed by atoms with van der Waals surface area (Å²) >= 11 is 3.25. The van der Waals surface area contributed by atoms with E-state index in [1.54, 1.807) is 38.1 Å². The fraction of sp³-hybridized carbons (Fsp3) is 0.357. The molecule has 0 spiro atoms. The molecule has 0 aliphatic rings. The molecule has 0 atom stereocenters. The predicted molar refractivity (Wildman–Crippen MR) is 80.7 cm³/mol. The minimum atomic E-state index is -0.672. The average molecular weight is 357 g/mol. The zero-order chi connectivity index (χ0) is 15.8. The molecule has 1 aromatic carbocycles. The minimum absolute atomic E-state index is 0.0219. The Kier molecular flexibility index (Phi) is 6.87. The molecule has 1 aromatic rings. The van der Waals surface area contributed by atoms with Crippen LogP contribution in [0.5, 0.6) is 0 Å². The maximum atomic E-state index is 11.8. The van der Waals surface area contributed by atoms with E-state index in [4.69, 9.17) is 4.74 Å². The second-order valence-electron chi connectivity index (χ2n) is 4.55. The van der Waals surface area contributed by atoms with Gasteiger partial charge < -0.3 is 15.4 Å². The van der Waals surface area contributed by atoms with Crippen LogP contribution in [0.3, 0.4) is 0 Å². The van der Waals surface area contributed by atoms with Gasteiger partial charge in [0.15, 0.2) is 6.61 Å². The molecule has 0 unspecified atom stereocenters. The number of benzene rings is 1. The third kappa shape index (κ3) is 6.40. The molecule has 114 valence electrons. The molecule has 0 aromatic heterocycles. The van der Waals surface area contributed by atoms with Crippen molar-refractivity contribution in [1.29, 1.82) is 0 Å². The zero-order valence-corrected chi connectivity index (χ0v) is 13.4. The van der Waals surface area contributed by atoms with Crippen LogP contribution in [0, 0.1) is 0 Å². The standard InChI is InChI=1S/C14H17BrN2O4/c1-9(2)17-12(18)8-21-13(19)7-16-14(20)10-5-3-4-6-11(10)15/h3-6,9H,7-8H2,1-2H3,(H,16,20)(H,17,18). The van der Waals surface area contributed by atoms with Gasteiger partial charge >= 0.3 is 5.97 Å². The summed E-state index contributed by atoms with van der Waals surface area (Å²) in [6, 6.07) is 6.83. The van der Waals surface area contributed by atoms with Crippen LogP contribution in [0.15, 0.2) is 28.7 Å². The Balaban J connectivity index is 2.35. The molecule has 21 heavy (non-hydrogen) atoms. The number of esters is 1. The van der Waals surface area contributed by atoms with E-state index in [0.29, 0.717) is 10.0 Å². The Morgan fingerprint density at radius 2 is 1.90 bits per heavy atom. The summed E-state index contributed by atoms with van der Waals surface area (Å²) < 4.78 is 5.38. The van der Waals surface area contributed by atoms with E-state index in [-0.39, 0.29) is 25.1 Å². The second kappa shape index (κ2) is 8.41. The van der Waals surface area contributed by atoms with Gasteiger partial charge in [-0.25, -0.2) is 0 Å². The maximum Gasteiger partial charge on any atom is 0.325 e. The van der Waals surface area contributed by atoms with Gasteiger partial charge in [-0.3, -0.25) is 14.4 Å². The van der Waals surface area contributed by atoms with Crippen molar-refractivity contribution in [3.05, 3.63) is 34.3 Å². The fourth-order valence-electron chi connectivity index (χ4n) is 1.45. The van der Waals surface area contributed by atoms with Gasteiger partial charge in [0.1, 0.15) is 6.54 Å². The normalized spacial score (nSPS) is 10.1. The first kappa shape index (κ1) is 17.2. The van der Waals surface area contributed by atoms with Gasteiger partial charge in [0.25, 0.3) is 11.8 Å². The Hall–Kier alpha value is -1.89. The topological polar surface area (TPSA) is 84.5 Å². The Morgan fingerprint density at radius 1 is 1.24 bits per heavy atom. The van der Waals surface area contributed by atoms with Crippen molar-refractivity contribution in [3.8, 4) is 0 Å². The van der Waals surface area contributed by atoms with Crippen molar-refractivity contribution in [2.45, 2.75) is 19.9 Å². The van der Waals surface area contributed by atoms with Gasteiger partial charge in [0.05, 0.1) is 5.56 Å². The number of hydrogen-bond acceptors (Lipinski definition) is 4. The van der Waals surface area contributed by atoms with E-state index >= 15 is 0 Å². The van der Waals surface area contributed by atoms with Crippen molar-refractivity contribution in [2.75, 3.05) is 13.2 Å². The van der Waals surface area contributed by atoms with Crippen molar-refractivity contribution in [1.82, 2.24) is 10.6 Å². The third-order valence-corrected chi connectivity index (χ3v) is 3.02. The highest BCUT2D eigenvalue weighted by Crippen LogP contribution is 2.15. The molecule has 6 nitrogen and oxygen atoms in total. The van der Waals surface area contributed by atoms with E-state index in [0.717, 1.165) is 0 Å². The van der Waals surface area contributed by atoms with Crippen LogP contribution < -0.4 is 10.6 Å². The average Bonchev–Trinajstić information content (AvgIpc) is 2.42. The minimum Gasteiger partial charge on any atom is -0.454 e. The molecule has 0 saturated heterocycles. The monoisotopic (exact) mass is 356 g/mol. The van der Waals surface area contributed by atoms with Gasteiger partial charge in [-0.1, -0.05) is 12.1 Å². The van der Waals surface area contributed by atoms with Crippen LogP contribution in [0.25, 0.3) is 0 Å². The first-order chi connectivity index (χ1) is 9.90. The SMILES string of the molecule is CC(C)NC(=O)COC(=O)CNC(=O)c1ccccc1Br. The smallest absolute Gasteiger partial charge is 0.325 e. The second-order valence-corrected chi connectivity index (χ2v) is 5.40. The lowest BCUT2D eigenvalue weighted by Gasteiger charge is -2.09. The fourth-order valence-corrected chi connectivity index (χ4v) is 1.92. The molecule has 0 radical (unpaired) electrons. The van der Waals surface area contributed by atoms with Crippen LogP contribution >= 0.6 is 15.9 Å². The van der Waals surface area contributed by atoms with Crippen LogP contribution in [-0.2, 0) is 14.3 Å². The number of nitrogens with one attached hydrogen (secondary N) is 2. The molecular weight excluding hydrogens is 340 g/mol. The van der Waals surface area contributed by atoms with E-state index in [1.165, 1.54) is 0 Å². The Morgan fingerprint density at radius 3 is 2.52 bits per heavy atom. The summed E-state index contributed by atoms with van der Waals surface area (Å²) in [6.45, 7) is 2.95. The Bertz CT molecular complexity index is 531. The lowest BCUT2D eigenvalue weighted by atomic mass is 10.2. The van der Waals surface area contributed by atoms with Crippen molar-refractivity contribution >= 4 is 33.7 Å². The number of rotatable bonds is 6. The number of halogens is 1. The summed E-state index contributed by atoms with van der Waals surface area (Å²) in [7, 11) is 0.